The van der Waals surface area contributed by atoms with E-state index in [1.165, 1.54) is 23.5 Å². The number of aromatic nitrogens is 1. The number of rotatable bonds is 5. The SMILES string of the molecule is O=C(NNC1(O)C(=O)c2ccccc2C1=O)c1cc(-c2ccccc2)sc1-n1cccc1. The van der Waals surface area contributed by atoms with Crippen LogP contribution in [-0.4, -0.2) is 32.9 Å². The third kappa shape index (κ3) is 3.18. The molecule has 0 saturated heterocycles. The summed E-state index contributed by atoms with van der Waals surface area (Å²) in [7, 11) is 0. The summed E-state index contributed by atoms with van der Waals surface area (Å²) in [5.41, 5.74) is 3.58. The first-order valence-electron chi connectivity index (χ1n) is 9.80. The Morgan fingerprint density at radius 1 is 0.875 bits per heavy atom. The molecule has 7 nitrogen and oxygen atoms in total. The van der Waals surface area contributed by atoms with Crippen molar-refractivity contribution in [3.63, 3.8) is 0 Å². The van der Waals surface area contributed by atoms with E-state index in [-0.39, 0.29) is 11.1 Å². The number of benzene rings is 2. The third-order valence-corrected chi connectivity index (χ3v) is 6.48. The largest absolute Gasteiger partial charge is 0.361 e. The summed E-state index contributed by atoms with van der Waals surface area (Å²) in [6.07, 6.45) is 3.64. The highest BCUT2D eigenvalue weighted by Crippen LogP contribution is 2.34. The van der Waals surface area contributed by atoms with Crippen LogP contribution in [0.1, 0.15) is 31.1 Å². The molecule has 5 rings (SSSR count). The van der Waals surface area contributed by atoms with Crippen molar-refractivity contribution < 1.29 is 19.5 Å². The Balaban J connectivity index is 1.44. The van der Waals surface area contributed by atoms with Gasteiger partial charge in [0, 0.05) is 28.4 Å². The number of carbonyl (C=O) groups is 3. The van der Waals surface area contributed by atoms with Crippen LogP contribution in [0.4, 0.5) is 0 Å². The van der Waals surface area contributed by atoms with Gasteiger partial charge in [-0.1, -0.05) is 54.6 Å². The van der Waals surface area contributed by atoms with E-state index in [1.807, 2.05) is 59.4 Å². The summed E-state index contributed by atoms with van der Waals surface area (Å²) in [5.74, 6) is -2.20. The maximum Gasteiger partial charge on any atom is 0.268 e. The van der Waals surface area contributed by atoms with Crippen molar-refractivity contribution in [1.82, 2.24) is 15.4 Å². The highest BCUT2D eigenvalue weighted by Gasteiger charge is 2.52. The van der Waals surface area contributed by atoms with Gasteiger partial charge < -0.3 is 9.67 Å². The number of carbonyl (C=O) groups excluding carboxylic acids is 3. The first-order valence-corrected chi connectivity index (χ1v) is 10.6. The van der Waals surface area contributed by atoms with E-state index in [2.05, 4.69) is 10.9 Å². The monoisotopic (exact) mass is 443 g/mol. The van der Waals surface area contributed by atoms with Crippen molar-refractivity contribution in [2.75, 3.05) is 0 Å². The summed E-state index contributed by atoms with van der Waals surface area (Å²) < 4.78 is 1.81. The van der Waals surface area contributed by atoms with Gasteiger partial charge in [-0.05, 0) is 23.8 Å². The van der Waals surface area contributed by atoms with Crippen LogP contribution in [0.5, 0.6) is 0 Å². The molecule has 0 saturated carbocycles. The number of hydrazine groups is 1. The standard InChI is InChI=1S/C24H17N3O4S/c28-20-16-10-4-5-11-17(16)21(29)24(20,31)26-25-22(30)18-14-19(15-8-2-1-3-9-15)32-23(18)27-12-6-7-13-27/h1-14,26,31H,(H,25,30). The van der Waals surface area contributed by atoms with Crippen molar-refractivity contribution in [3.05, 3.63) is 102 Å². The molecule has 4 aromatic rings. The number of hydrogen-bond acceptors (Lipinski definition) is 6. The number of fused-ring (bicyclic) bond motifs is 1. The van der Waals surface area contributed by atoms with Crippen molar-refractivity contribution in [3.8, 4) is 15.4 Å². The van der Waals surface area contributed by atoms with E-state index in [9.17, 15) is 19.5 Å². The molecule has 0 spiro atoms. The molecule has 1 aliphatic rings. The van der Waals surface area contributed by atoms with Crippen LogP contribution >= 0.6 is 11.3 Å². The number of hydrogen-bond donors (Lipinski definition) is 3. The molecule has 32 heavy (non-hydrogen) atoms. The van der Waals surface area contributed by atoms with Crippen molar-refractivity contribution >= 4 is 28.8 Å². The quantitative estimate of drug-likeness (QED) is 0.250. The fourth-order valence-corrected chi connectivity index (χ4v) is 4.78. The van der Waals surface area contributed by atoms with E-state index >= 15 is 0 Å². The predicted octanol–water partition coefficient (Wildman–Crippen LogP) is 3.21. The van der Waals surface area contributed by atoms with Crippen LogP contribution in [0, 0.1) is 0 Å². The van der Waals surface area contributed by atoms with E-state index in [0.717, 1.165) is 10.4 Å². The van der Waals surface area contributed by atoms with Crippen molar-refractivity contribution in [2.45, 2.75) is 5.72 Å². The van der Waals surface area contributed by atoms with Crippen LogP contribution in [-0.2, 0) is 0 Å². The van der Waals surface area contributed by atoms with E-state index in [4.69, 9.17) is 0 Å². The van der Waals surface area contributed by atoms with Gasteiger partial charge in [-0.15, -0.1) is 11.3 Å². The molecule has 0 fully saturated rings. The van der Waals surface area contributed by atoms with Crippen LogP contribution in [0.2, 0.25) is 0 Å². The predicted molar refractivity (Wildman–Crippen MR) is 120 cm³/mol. The van der Waals surface area contributed by atoms with Crippen molar-refractivity contribution in [2.24, 2.45) is 0 Å². The Morgan fingerprint density at radius 3 is 2.09 bits per heavy atom. The maximum absolute atomic E-state index is 13.1. The van der Waals surface area contributed by atoms with Crippen molar-refractivity contribution in [1.29, 1.82) is 0 Å². The number of aliphatic hydroxyl groups is 1. The minimum absolute atomic E-state index is 0.108. The molecule has 2 aromatic heterocycles. The summed E-state index contributed by atoms with van der Waals surface area (Å²) in [6.45, 7) is 0. The molecule has 3 N–H and O–H groups in total. The first kappa shape index (κ1) is 20.1. The smallest absolute Gasteiger partial charge is 0.268 e. The van der Waals surface area contributed by atoms with Gasteiger partial charge in [-0.3, -0.25) is 19.8 Å². The lowest BCUT2D eigenvalue weighted by Gasteiger charge is -2.21. The highest BCUT2D eigenvalue weighted by atomic mass is 32.1. The molecule has 158 valence electrons. The average molecular weight is 443 g/mol. The second kappa shape index (κ2) is 7.69. The minimum atomic E-state index is -2.55. The van der Waals surface area contributed by atoms with Gasteiger partial charge >= 0.3 is 0 Å². The van der Waals surface area contributed by atoms with Crippen LogP contribution in [0.25, 0.3) is 15.4 Å². The average Bonchev–Trinajstić information content (AvgIpc) is 3.55. The first-order chi connectivity index (χ1) is 15.5. The Bertz CT molecular complexity index is 1310. The zero-order chi connectivity index (χ0) is 22.3. The third-order valence-electron chi connectivity index (χ3n) is 5.28. The van der Waals surface area contributed by atoms with Crippen LogP contribution < -0.4 is 10.9 Å². The molecule has 2 aromatic carbocycles. The molecule has 1 aliphatic carbocycles. The summed E-state index contributed by atoms with van der Waals surface area (Å²) in [6, 6.07) is 21.2. The minimum Gasteiger partial charge on any atom is -0.361 e. The number of amides is 1. The molecule has 0 unspecified atom stereocenters. The zero-order valence-electron chi connectivity index (χ0n) is 16.6. The zero-order valence-corrected chi connectivity index (χ0v) is 17.4. The lowest BCUT2D eigenvalue weighted by molar-refractivity contribution is 0.0138. The Labute approximate surface area is 186 Å². The lowest BCUT2D eigenvalue weighted by Crippen LogP contribution is -2.61. The van der Waals surface area contributed by atoms with Crippen LogP contribution in [0.3, 0.4) is 0 Å². The van der Waals surface area contributed by atoms with Gasteiger partial charge in [-0.2, -0.15) is 5.43 Å². The van der Waals surface area contributed by atoms with E-state index in [1.54, 1.807) is 18.2 Å². The Morgan fingerprint density at radius 2 is 1.47 bits per heavy atom. The molecule has 0 bridgehead atoms. The number of nitrogens with one attached hydrogen (secondary N) is 2. The molecule has 0 aliphatic heterocycles. The number of Topliss-reactive ketones (excluding diaryl/α,β-unsaturated/α-hetero) is 2. The fourth-order valence-electron chi connectivity index (χ4n) is 3.65. The van der Waals surface area contributed by atoms with Gasteiger partial charge in [0.25, 0.3) is 11.6 Å². The molecule has 0 radical (unpaired) electrons. The molecule has 1 amide bonds. The normalized spacial score (nSPS) is 14.4. The molecular weight excluding hydrogens is 426 g/mol. The summed E-state index contributed by atoms with van der Waals surface area (Å²) in [5, 5.41) is 11.4. The second-order valence-electron chi connectivity index (χ2n) is 7.28. The molecule has 0 atom stereocenters. The number of ketones is 2. The van der Waals surface area contributed by atoms with Crippen LogP contribution in [0.15, 0.2) is 85.2 Å². The lowest BCUT2D eigenvalue weighted by atomic mass is 10.1. The topological polar surface area (TPSA) is 100 Å². The second-order valence-corrected chi connectivity index (χ2v) is 8.31. The summed E-state index contributed by atoms with van der Waals surface area (Å²) >= 11 is 1.42. The molecule has 2 heterocycles. The molecule has 8 heteroatoms. The highest BCUT2D eigenvalue weighted by molar-refractivity contribution is 7.18. The van der Waals surface area contributed by atoms with Gasteiger partial charge in [-0.25, -0.2) is 0 Å². The van der Waals surface area contributed by atoms with Gasteiger partial charge in [0.1, 0.15) is 5.00 Å². The van der Waals surface area contributed by atoms with E-state index < -0.39 is 23.2 Å². The maximum atomic E-state index is 13.1. The Kier molecular flexibility index (Phi) is 4.82. The van der Waals surface area contributed by atoms with Gasteiger partial charge in [0.15, 0.2) is 0 Å². The van der Waals surface area contributed by atoms with E-state index in [0.29, 0.717) is 10.6 Å². The number of nitrogens with zero attached hydrogens (tertiary/aromatic N) is 1. The number of thiophene rings is 1. The fraction of sp³-hybridized carbons (Fsp3) is 0.0417. The molecular formula is C24H17N3O4S. The Hall–Kier alpha value is -3.85. The van der Waals surface area contributed by atoms with Gasteiger partial charge in [0.05, 0.1) is 5.56 Å². The van der Waals surface area contributed by atoms with Gasteiger partial charge in [0.2, 0.25) is 11.6 Å². The summed E-state index contributed by atoms with van der Waals surface area (Å²) in [4.78, 5) is 39.2.